The summed E-state index contributed by atoms with van der Waals surface area (Å²) < 4.78 is 19.5. The zero-order valence-corrected chi connectivity index (χ0v) is 17.0. The first-order valence-electron chi connectivity index (χ1n) is 9.76. The zero-order chi connectivity index (χ0) is 21.4. The minimum Gasteiger partial charge on any atom is -0.440 e. The molecular formula is C22H17FN4O3S. The van der Waals surface area contributed by atoms with E-state index in [1.54, 1.807) is 29.6 Å². The van der Waals surface area contributed by atoms with Crippen LogP contribution in [0.5, 0.6) is 0 Å². The summed E-state index contributed by atoms with van der Waals surface area (Å²) in [5.74, 6) is -0.268. The molecule has 4 aromatic rings. The molecule has 1 saturated carbocycles. The Morgan fingerprint density at radius 2 is 1.97 bits per heavy atom. The van der Waals surface area contributed by atoms with E-state index in [0.29, 0.717) is 33.5 Å². The maximum Gasteiger partial charge on any atom is 0.260 e. The highest BCUT2D eigenvalue weighted by Gasteiger charge is 2.28. The van der Waals surface area contributed by atoms with Crippen molar-refractivity contribution in [2.45, 2.75) is 25.2 Å². The first-order valence-corrected chi connectivity index (χ1v) is 10.6. The second kappa shape index (κ2) is 7.92. The number of carbonyl (C=O) groups excluding carboxylic acids is 2. The summed E-state index contributed by atoms with van der Waals surface area (Å²) in [5, 5.41) is 7.36. The number of thiazole rings is 1. The lowest BCUT2D eigenvalue weighted by atomic mass is 10.2. The third-order valence-electron chi connectivity index (χ3n) is 4.85. The number of oxazole rings is 1. The molecule has 2 aromatic carbocycles. The average Bonchev–Trinajstić information content (AvgIpc) is 3.37. The fraction of sp³-hybridized carbons (Fsp3) is 0.182. The summed E-state index contributed by atoms with van der Waals surface area (Å²) in [5.41, 5.74) is 2.48. The van der Waals surface area contributed by atoms with Crippen molar-refractivity contribution in [2.75, 3.05) is 10.6 Å². The maximum absolute atomic E-state index is 13.7. The largest absolute Gasteiger partial charge is 0.440 e. The van der Waals surface area contributed by atoms with Crippen molar-refractivity contribution in [2.24, 2.45) is 0 Å². The van der Waals surface area contributed by atoms with Gasteiger partial charge in [-0.2, -0.15) is 0 Å². The fourth-order valence-corrected chi connectivity index (χ4v) is 3.86. The molecule has 0 spiro atoms. The van der Waals surface area contributed by atoms with E-state index in [9.17, 15) is 14.0 Å². The summed E-state index contributed by atoms with van der Waals surface area (Å²) in [6.07, 6.45) is 2.25. The van der Waals surface area contributed by atoms with Crippen LogP contribution >= 0.6 is 11.3 Å². The van der Waals surface area contributed by atoms with Crippen LogP contribution in [0.3, 0.4) is 0 Å². The number of hydrogen-bond donors (Lipinski definition) is 2. The van der Waals surface area contributed by atoms with E-state index in [2.05, 4.69) is 20.6 Å². The Bertz CT molecular complexity index is 1290. The summed E-state index contributed by atoms with van der Waals surface area (Å²) in [6, 6.07) is 11.1. The first kappa shape index (κ1) is 19.4. The molecule has 1 aliphatic rings. The molecule has 2 amide bonds. The Balaban J connectivity index is 1.21. The van der Waals surface area contributed by atoms with Gasteiger partial charge in [0.25, 0.3) is 5.91 Å². The summed E-state index contributed by atoms with van der Waals surface area (Å²) >= 11 is 1.17. The molecule has 0 radical (unpaired) electrons. The number of halogens is 1. The average molecular weight is 436 g/mol. The highest BCUT2D eigenvalue weighted by molar-refractivity contribution is 7.14. The van der Waals surface area contributed by atoms with Gasteiger partial charge >= 0.3 is 0 Å². The van der Waals surface area contributed by atoms with Crippen LogP contribution in [0, 0.1) is 5.82 Å². The molecule has 2 N–H and O–H groups in total. The Labute approximate surface area is 180 Å². The van der Waals surface area contributed by atoms with Gasteiger partial charge in [-0.1, -0.05) is 12.1 Å². The minimum absolute atomic E-state index is 0.0379. The second-order valence-electron chi connectivity index (χ2n) is 7.31. The Kier molecular flexibility index (Phi) is 4.95. The number of carbonyl (C=O) groups is 2. The molecule has 1 aliphatic carbocycles. The number of nitrogens with zero attached hydrogens (tertiary/aromatic N) is 2. The lowest BCUT2D eigenvalue weighted by Crippen LogP contribution is -2.15. The van der Waals surface area contributed by atoms with E-state index in [1.165, 1.54) is 29.5 Å². The van der Waals surface area contributed by atoms with Crippen LogP contribution in [0.25, 0.3) is 11.1 Å². The van der Waals surface area contributed by atoms with Gasteiger partial charge in [0.15, 0.2) is 16.6 Å². The molecule has 1 fully saturated rings. The van der Waals surface area contributed by atoms with Crippen LogP contribution < -0.4 is 10.6 Å². The van der Waals surface area contributed by atoms with Crippen LogP contribution in [-0.4, -0.2) is 21.8 Å². The van der Waals surface area contributed by atoms with Crippen molar-refractivity contribution in [3.05, 3.63) is 70.8 Å². The van der Waals surface area contributed by atoms with Crippen molar-refractivity contribution in [1.29, 1.82) is 0 Å². The second-order valence-corrected chi connectivity index (χ2v) is 8.17. The van der Waals surface area contributed by atoms with Gasteiger partial charge in [-0.05, 0) is 43.2 Å². The number of benzene rings is 2. The van der Waals surface area contributed by atoms with Gasteiger partial charge in [0, 0.05) is 17.0 Å². The number of nitrogens with one attached hydrogen (secondary N) is 2. The number of anilines is 2. The third-order valence-corrected chi connectivity index (χ3v) is 5.65. The lowest BCUT2D eigenvalue weighted by molar-refractivity contribution is -0.115. The predicted molar refractivity (Wildman–Crippen MR) is 115 cm³/mol. The van der Waals surface area contributed by atoms with Crippen LogP contribution in [0.15, 0.2) is 52.3 Å². The van der Waals surface area contributed by atoms with Gasteiger partial charge in [0.2, 0.25) is 5.91 Å². The Morgan fingerprint density at radius 1 is 1.13 bits per heavy atom. The molecule has 2 heterocycles. The molecule has 0 atom stereocenters. The number of fused-ring (bicyclic) bond motifs is 1. The van der Waals surface area contributed by atoms with Gasteiger partial charge in [0.05, 0.1) is 17.7 Å². The molecule has 7 nitrogen and oxygen atoms in total. The van der Waals surface area contributed by atoms with Gasteiger partial charge in [-0.3, -0.25) is 14.9 Å². The molecular weight excluding hydrogens is 419 g/mol. The smallest absolute Gasteiger partial charge is 0.260 e. The molecule has 156 valence electrons. The van der Waals surface area contributed by atoms with E-state index in [-0.39, 0.29) is 17.9 Å². The van der Waals surface area contributed by atoms with Gasteiger partial charge < -0.3 is 9.73 Å². The number of rotatable bonds is 6. The monoisotopic (exact) mass is 436 g/mol. The van der Waals surface area contributed by atoms with Crippen molar-refractivity contribution >= 4 is 45.1 Å². The SMILES string of the molecule is O=C(Cc1csc(NC(=O)c2ccccc2F)n1)Nc1ccc2oc(C3CC3)nc2c1. The fourth-order valence-electron chi connectivity index (χ4n) is 3.15. The van der Waals surface area contributed by atoms with Crippen molar-refractivity contribution in [3.63, 3.8) is 0 Å². The van der Waals surface area contributed by atoms with Crippen molar-refractivity contribution in [1.82, 2.24) is 9.97 Å². The summed E-state index contributed by atoms with van der Waals surface area (Å²) in [7, 11) is 0. The van der Waals surface area contributed by atoms with E-state index in [4.69, 9.17) is 4.42 Å². The van der Waals surface area contributed by atoms with E-state index in [1.807, 2.05) is 0 Å². The number of hydrogen-bond acceptors (Lipinski definition) is 6. The normalized spacial score (nSPS) is 13.3. The quantitative estimate of drug-likeness (QED) is 0.455. The van der Waals surface area contributed by atoms with Gasteiger partial charge in [-0.25, -0.2) is 14.4 Å². The van der Waals surface area contributed by atoms with Crippen molar-refractivity contribution in [3.8, 4) is 0 Å². The first-order chi connectivity index (χ1) is 15.0. The Morgan fingerprint density at radius 3 is 2.77 bits per heavy atom. The molecule has 2 aromatic heterocycles. The molecule has 0 unspecified atom stereocenters. The minimum atomic E-state index is -0.607. The van der Waals surface area contributed by atoms with Crippen LogP contribution in [0.2, 0.25) is 0 Å². The van der Waals surface area contributed by atoms with Gasteiger partial charge in [-0.15, -0.1) is 11.3 Å². The van der Waals surface area contributed by atoms with Crippen LogP contribution in [0.1, 0.15) is 40.7 Å². The lowest BCUT2D eigenvalue weighted by Gasteiger charge is -2.04. The third kappa shape index (κ3) is 4.31. The number of amides is 2. The van der Waals surface area contributed by atoms with Crippen LogP contribution in [-0.2, 0) is 11.2 Å². The standard InChI is InChI=1S/C22H17FN4O3S/c23-16-4-2-1-3-15(16)20(29)27-22-25-14(11-31-22)10-19(28)24-13-7-8-18-17(9-13)26-21(30-18)12-5-6-12/h1-4,7-9,11-12H,5-6,10H2,(H,24,28)(H,25,27,29). The Hall–Kier alpha value is -3.59. The molecule has 5 rings (SSSR count). The molecule has 0 saturated heterocycles. The highest BCUT2D eigenvalue weighted by atomic mass is 32.1. The molecule has 31 heavy (non-hydrogen) atoms. The maximum atomic E-state index is 13.7. The van der Waals surface area contributed by atoms with E-state index in [0.717, 1.165) is 18.7 Å². The predicted octanol–water partition coefficient (Wildman–Crippen LogP) is 4.73. The molecule has 0 aliphatic heterocycles. The van der Waals surface area contributed by atoms with Gasteiger partial charge in [0.1, 0.15) is 11.3 Å². The highest BCUT2D eigenvalue weighted by Crippen LogP contribution is 2.40. The summed E-state index contributed by atoms with van der Waals surface area (Å²) in [4.78, 5) is 33.3. The van der Waals surface area contributed by atoms with E-state index >= 15 is 0 Å². The summed E-state index contributed by atoms with van der Waals surface area (Å²) in [6.45, 7) is 0. The molecule has 0 bridgehead atoms. The van der Waals surface area contributed by atoms with Crippen molar-refractivity contribution < 1.29 is 18.4 Å². The number of aromatic nitrogens is 2. The van der Waals surface area contributed by atoms with E-state index < -0.39 is 11.7 Å². The van der Waals surface area contributed by atoms with Crippen LogP contribution in [0.4, 0.5) is 15.2 Å². The zero-order valence-electron chi connectivity index (χ0n) is 16.2. The topological polar surface area (TPSA) is 97.1 Å². The molecule has 9 heteroatoms.